The van der Waals surface area contributed by atoms with Gasteiger partial charge in [0, 0.05) is 17.9 Å². The van der Waals surface area contributed by atoms with Crippen molar-refractivity contribution in [1.29, 1.82) is 5.26 Å². The zero-order valence-corrected chi connectivity index (χ0v) is 13.4. The summed E-state index contributed by atoms with van der Waals surface area (Å²) < 4.78 is 0. The molecule has 3 N–H and O–H groups in total. The highest BCUT2D eigenvalue weighted by Gasteiger charge is 2.05. The Morgan fingerprint density at radius 3 is 2.33 bits per heavy atom. The third-order valence-electron chi connectivity index (χ3n) is 3.94. The number of hydrogen-bond acceptors (Lipinski definition) is 3. The van der Waals surface area contributed by atoms with Gasteiger partial charge in [0.25, 0.3) is 0 Å². The van der Waals surface area contributed by atoms with Crippen molar-refractivity contribution < 1.29 is 0 Å². The van der Waals surface area contributed by atoms with Gasteiger partial charge in [-0.2, -0.15) is 5.26 Å². The van der Waals surface area contributed by atoms with E-state index in [-0.39, 0.29) is 0 Å². The number of anilines is 2. The number of benzene rings is 3. The molecule has 3 aromatic carbocycles. The molecule has 3 rings (SSSR count). The summed E-state index contributed by atoms with van der Waals surface area (Å²) in [5.74, 6) is 0. The first kappa shape index (κ1) is 15.6. The molecule has 3 nitrogen and oxygen atoms in total. The first-order chi connectivity index (χ1) is 11.7. The number of nitriles is 1. The Balaban J connectivity index is 1.73. The van der Waals surface area contributed by atoms with Crippen LogP contribution in [0.2, 0.25) is 0 Å². The Labute approximate surface area is 142 Å². The molecule has 0 spiro atoms. The molecule has 3 aromatic rings. The van der Waals surface area contributed by atoms with Crippen molar-refractivity contribution in [1.82, 2.24) is 0 Å². The number of rotatable bonds is 5. The van der Waals surface area contributed by atoms with Crippen LogP contribution in [0.3, 0.4) is 0 Å². The molecule has 0 fully saturated rings. The van der Waals surface area contributed by atoms with Gasteiger partial charge in [0.05, 0.1) is 11.6 Å². The summed E-state index contributed by atoms with van der Waals surface area (Å²) in [6.45, 7) is 0.739. The molecular formula is C21H19N3. The van der Waals surface area contributed by atoms with Gasteiger partial charge in [-0.25, -0.2) is 0 Å². The topological polar surface area (TPSA) is 61.8 Å². The lowest BCUT2D eigenvalue weighted by atomic mass is 9.99. The van der Waals surface area contributed by atoms with Crippen molar-refractivity contribution in [3.63, 3.8) is 0 Å². The number of nitrogens with one attached hydrogen (secondary N) is 1. The van der Waals surface area contributed by atoms with E-state index < -0.39 is 0 Å². The van der Waals surface area contributed by atoms with E-state index in [0.717, 1.165) is 35.5 Å². The van der Waals surface area contributed by atoms with Gasteiger partial charge >= 0.3 is 0 Å². The summed E-state index contributed by atoms with van der Waals surface area (Å²) in [5.41, 5.74) is 11.5. The first-order valence-electron chi connectivity index (χ1n) is 7.90. The molecule has 3 heteroatoms. The molecule has 0 radical (unpaired) electrons. The van der Waals surface area contributed by atoms with Crippen LogP contribution in [0.25, 0.3) is 0 Å². The zero-order valence-electron chi connectivity index (χ0n) is 13.4. The highest BCUT2D eigenvalue weighted by Crippen LogP contribution is 2.20. The average Bonchev–Trinajstić information content (AvgIpc) is 2.63. The van der Waals surface area contributed by atoms with Gasteiger partial charge in [0.15, 0.2) is 0 Å². The van der Waals surface area contributed by atoms with Crippen molar-refractivity contribution >= 4 is 11.4 Å². The van der Waals surface area contributed by atoms with Gasteiger partial charge in [-0.05, 0) is 47.4 Å². The van der Waals surface area contributed by atoms with Crippen LogP contribution in [0, 0.1) is 11.3 Å². The minimum Gasteiger partial charge on any atom is -0.399 e. The lowest BCUT2D eigenvalue weighted by Gasteiger charge is -2.10. The Morgan fingerprint density at radius 1 is 0.875 bits per heavy atom. The molecule has 0 saturated heterocycles. The van der Waals surface area contributed by atoms with E-state index in [4.69, 9.17) is 5.73 Å². The van der Waals surface area contributed by atoms with Crippen LogP contribution in [0.5, 0.6) is 0 Å². The molecule has 0 aromatic heterocycles. The van der Waals surface area contributed by atoms with Crippen molar-refractivity contribution in [3.05, 3.63) is 95.1 Å². The molecule has 0 atom stereocenters. The second kappa shape index (κ2) is 7.34. The Morgan fingerprint density at radius 2 is 1.62 bits per heavy atom. The van der Waals surface area contributed by atoms with E-state index >= 15 is 0 Å². The van der Waals surface area contributed by atoms with Gasteiger partial charge in [-0.1, -0.05) is 48.5 Å². The van der Waals surface area contributed by atoms with Crippen molar-refractivity contribution in [2.75, 3.05) is 11.1 Å². The van der Waals surface area contributed by atoms with Gasteiger partial charge in [-0.15, -0.1) is 0 Å². The molecule has 0 unspecified atom stereocenters. The molecule has 0 aliphatic rings. The van der Waals surface area contributed by atoms with Crippen molar-refractivity contribution in [2.24, 2.45) is 0 Å². The second-order valence-corrected chi connectivity index (χ2v) is 5.74. The van der Waals surface area contributed by atoms with Crippen molar-refractivity contribution in [3.8, 4) is 6.07 Å². The standard InChI is InChI=1S/C21H19N3/c22-14-19-13-21(24-15-17-4-2-1-3-5-17)11-8-18(19)12-16-6-9-20(23)10-7-16/h1-11,13,24H,12,15,23H2. The molecule has 0 aliphatic heterocycles. The van der Waals surface area contributed by atoms with E-state index in [9.17, 15) is 5.26 Å². The fourth-order valence-electron chi connectivity index (χ4n) is 2.60. The van der Waals surface area contributed by atoms with E-state index in [2.05, 4.69) is 23.5 Å². The highest BCUT2D eigenvalue weighted by molar-refractivity contribution is 5.54. The van der Waals surface area contributed by atoms with E-state index in [1.807, 2.05) is 60.7 Å². The Bertz CT molecular complexity index is 847. The lowest BCUT2D eigenvalue weighted by Crippen LogP contribution is -2.01. The summed E-state index contributed by atoms with van der Waals surface area (Å²) in [5, 5.41) is 12.8. The fraction of sp³-hybridized carbons (Fsp3) is 0.0952. The van der Waals surface area contributed by atoms with Gasteiger partial charge in [0.1, 0.15) is 0 Å². The SMILES string of the molecule is N#Cc1cc(NCc2ccccc2)ccc1Cc1ccc(N)cc1. The van der Waals surface area contributed by atoms with Crippen LogP contribution in [-0.4, -0.2) is 0 Å². The number of hydrogen-bond donors (Lipinski definition) is 2. The normalized spacial score (nSPS) is 10.1. The Kier molecular flexibility index (Phi) is 4.78. The Hall–Kier alpha value is -3.25. The van der Waals surface area contributed by atoms with Gasteiger partial charge < -0.3 is 11.1 Å². The van der Waals surface area contributed by atoms with Gasteiger partial charge in [-0.3, -0.25) is 0 Å². The summed E-state index contributed by atoms with van der Waals surface area (Å²) in [6, 6.07) is 26.2. The largest absolute Gasteiger partial charge is 0.399 e. The van der Waals surface area contributed by atoms with E-state index in [1.54, 1.807) is 0 Å². The smallest absolute Gasteiger partial charge is 0.0995 e. The summed E-state index contributed by atoms with van der Waals surface area (Å²) >= 11 is 0. The van der Waals surface area contributed by atoms with E-state index in [0.29, 0.717) is 5.56 Å². The predicted molar refractivity (Wildman–Crippen MR) is 98.6 cm³/mol. The molecule has 0 amide bonds. The van der Waals surface area contributed by atoms with Crippen LogP contribution >= 0.6 is 0 Å². The number of nitrogens with two attached hydrogens (primary N) is 1. The first-order valence-corrected chi connectivity index (χ1v) is 7.90. The quantitative estimate of drug-likeness (QED) is 0.689. The lowest BCUT2D eigenvalue weighted by molar-refractivity contribution is 1.14. The molecule has 0 bridgehead atoms. The predicted octanol–water partition coefficient (Wildman–Crippen LogP) is 4.34. The summed E-state index contributed by atoms with van der Waals surface area (Å²) in [7, 11) is 0. The minimum absolute atomic E-state index is 0.699. The maximum Gasteiger partial charge on any atom is 0.0995 e. The molecule has 0 aliphatic carbocycles. The maximum atomic E-state index is 9.45. The molecular weight excluding hydrogens is 294 g/mol. The fourth-order valence-corrected chi connectivity index (χ4v) is 2.60. The molecule has 0 saturated carbocycles. The molecule has 118 valence electrons. The number of nitrogen functional groups attached to an aromatic ring is 1. The van der Waals surface area contributed by atoms with Crippen LogP contribution in [0.4, 0.5) is 11.4 Å². The number of nitrogens with zero attached hydrogens (tertiary/aromatic N) is 1. The summed E-state index contributed by atoms with van der Waals surface area (Å²) in [6.07, 6.45) is 0.724. The molecule has 0 heterocycles. The summed E-state index contributed by atoms with van der Waals surface area (Å²) in [4.78, 5) is 0. The second-order valence-electron chi connectivity index (χ2n) is 5.74. The van der Waals surface area contributed by atoms with Crippen LogP contribution in [0.15, 0.2) is 72.8 Å². The molecule has 24 heavy (non-hydrogen) atoms. The van der Waals surface area contributed by atoms with Crippen LogP contribution in [0.1, 0.15) is 22.3 Å². The zero-order chi connectivity index (χ0) is 16.8. The monoisotopic (exact) mass is 313 g/mol. The third-order valence-corrected chi connectivity index (χ3v) is 3.94. The maximum absolute atomic E-state index is 9.45. The van der Waals surface area contributed by atoms with Crippen LogP contribution in [-0.2, 0) is 13.0 Å². The highest BCUT2D eigenvalue weighted by atomic mass is 14.9. The minimum atomic E-state index is 0.699. The van der Waals surface area contributed by atoms with Gasteiger partial charge in [0.2, 0.25) is 0 Å². The third kappa shape index (κ3) is 3.93. The van der Waals surface area contributed by atoms with E-state index in [1.165, 1.54) is 5.56 Å². The van der Waals surface area contributed by atoms with Crippen LogP contribution < -0.4 is 11.1 Å². The van der Waals surface area contributed by atoms with Crippen molar-refractivity contribution in [2.45, 2.75) is 13.0 Å². The average molecular weight is 313 g/mol.